The average Bonchev–Trinajstić information content (AvgIpc) is 2.87. The Labute approximate surface area is 156 Å². The second kappa shape index (κ2) is 10.8. The lowest BCUT2D eigenvalue weighted by Crippen LogP contribution is -2.45. The van der Waals surface area contributed by atoms with Gasteiger partial charge in [0, 0.05) is 45.9 Å². The first-order valence-corrected chi connectivity index (χ1v) is 7.97. The van der Waals surface area contributed by atoms with E-state index < -0.39 is 0 Å². The van der Waals surface area contributed by atoms with Crippen LogP contribution in [0.2, 0.25) is 0 Å². The molecular formula is C17H29IN4O. The van der Waals surface area contributed by atoms with Crippen molar-refractivity contribution in [3.8, 4) is 0 Å². The van der Waals surface area contributed by atoms with Crippen LogP contribution in [-0.4, -0.2) is 56.8 Å². The van der Waals surface area contributed by atoms with Gasteiger partial charge in [-0.25, -0.2) is 0 Å². The molecule has 1 heterocycles. The number of halogens is 1. The van der Waals surface area contributed by atoms with Crippen molar-refractivity contribution >= 4 is 29.9 Å². The van der Waals surface area contributed by atoms with Crippen LogP contribution in [0, 0.1) is 0 Å². The third kappa shape index (κ3) is 6.64. The molecule has 6 heteroatoms. The molecule has 0 radical (unpaired) electrons. The molecule has 130 valence electrons. The molecule has 0 saturated carbocycles. The maximum atomic E-state index is 5.05. The largest absolute Gasteiger partial charge is 0.383 e. The maximum absolute atomic E-state index is 5.05. The minimum atomic E-state index is 0. The maximum Gasteiger partial charge on any atom is 0.191 e. The fourth-order valence-electron chi connectivity index (χ4n) is 2.90. The second-order valence-corrected chi connectivity index (χ2v) is 5.83. The van der Waals surface area contributed by atoms with Crippen LogP contribution in [0.25, 0.3) is 0 Å². The van der Waals surface area contributed by atoms with E-state index in [1.165, 1.54) is 5.56 Å². The van der Waals surface area contributed by atoms with Crippen LogP contribution < -0.4 is 10.6 Å². The lowest BCUT2D eigenvalue weighted by atomic mass is 10.2. The molecule has 1 saturated heterocycles. The van der Waals surface area contributed by atoms with Gasteiger partial charge >= 0.3 is 0 Å². The molecule has 1 aliphatic rings. The molecule has 1 aromatic carbocycles. The van der Waals surface area contributed by atoms with E-state index in [2.05, 4.69) is 57.8 Å². The third-order valence-corrected chi connectivity index (χ3v) is 4.10. The van der Waals surface area contributed by atoms with Gasteiger partial charge in [0.05, 0.1) is 6.61 Å². The van der Waals surface area contributed by atoms with Crippen LogP contribution in [0.4, 0.5) is 0 Å². The molecule has 0 amide bonds. The summed E-state index contributed by atoms with van der Waals surface area (Å²) in [7, 11) is 3.51. The molecule has 0 bridgehead atoms. The van der Waals surface area contributed by atoms with Gasteiger partial charge in [0.2, 0.25) is 0 Å². The Balaban J connectivity index is 0.00000264. The summed E-state index contributed by atoms with van der Waals surface area (Å²) in [6, 6.07) is 11.7. The molecule has 0 aliphatic carbocycles. The lowest BCUT2D eigenvalue weighted by Gasteiger charge is -2.21. The zero-order valence-electron chi connectivity index (χ0n) is 14.3. The van der Waals surface area contributed by atoms with E-state index >= 15 is 0 Å². The molecule has 2 rings (SSSR count). The molecule has 2 atom stereocenters. The predicted octanol–water partition coefficient (Wildman–Crippen LogP) is 2.08. The first-order chi connectivity index (χ1) is 10.7. The minimum Gasteiger partial charge on any atom is -0.383 e. The molecule has 1 aliphatic heterocycles. The van der Waals surface area contributed by atoms with Gasteiger partial charge in [-0.3, -0.25) is 9.89 Å². The van der Waals surface area contributed by atoms with Gasteiger partial charge in [-0.2, -0.15) is 0 Å². The number of nitrogens with one attached hydrogen (secondary N) is 2. The number of hydrogen-bond acceptors (Lipinski definition) is 3. The summed E-state index contributed by atoms with van der Waals surface area (Å²) in [6.45, 7) is 5.80. The van der Waals surface area contributed by atoms with Crippen molar-refractivity contribution in [1.29, 1.82) is 0 Å². The quantitative estimate of drug-likeness (QED) is 0.313. The SMILES string of the molecule is CN=C(NCCOC)NC1CC(C)N(Cc2ccccc2)C1.I. The number of nitrogens with zero attached hydrogens (tertiary/aromatic N) is 2. The Kier molecular flexibility index (Phi) is 9.50. The van der Waals surface area contributed by atoms with Crippen molar-refractivity contribution in [2.75, 3.05) is 33.9 Å². The van der Waals surface area contributed by atoms with Gasteiger partial charge in [0.15, 0.2) is 5.96 Å². The van der Waals surface area contributed by atoms with E-state index in [0.717, 1.165) is 32.0 Å². The Morgan fingerprint density at radius 3 is 2.74 bits per heavy atom. The highest BCUT2D eigenvalue weighted by Gasteiger charge is 2.29. The summed E-state index contributed by atoms with van der Waals surface area (Å²) in [5.74, 6) is 0.857. The van der Waals surface area contributed by atoms with E-state index in [1.54, 1.807) is 7.11 Å². The Hall–Kier alpha value is -0.860. The number of ether oxygens (including phenoxy) is 1. The van der Waals surface area contributed by atoms with Gasteiger partial charge in [0.25, 0.3) is 0 Å². The van der Waals surface area contributed by atoms with Crippen molar-refractivity contribution < 1.29 is 4.74 Å². The predicted molar refractivity (Wildman–Crippen MR) is 107 cm³/mol. The monoisotopic (exact) mass is 432 g/mol. The van der Waals surface area contributed by atoms with E-state index in [9.17, 15) is 0 Å². The summed E-state index contributed by atoms with van der Waals surface area (Å²) in [4.78, 5) is 6.80. The van der Waals surface area contributed by atoms with E-state index in [-0.39, 0.29) is 24.0 Å². The van der Waals surface area contributed by atoms with Crippen LogP contribution in [-0.2, 0) is 11.3 Å². The number of methoxy groups -OCH3 is 1. The average molecular weight is 432 g/mol. The summed E-state index contributed by atoms with van der Waals surface area (Å²) in [5.41, 5.74) is 1.37. The first kappa shape index (κ1) is 20.2. The molecular weight excluding hydrogens is 403 g/mol. The van der Waals surface area contributed by atoms with Crippen molar-refractivity contribution in [2.24, 2.45) is 4.99 Å². The van der Waals surface area contributed by atoms with Crippen molar-refractivity contribution in [2.45, 2.75) is 32.0 Å². The Morgan fingerprint density at radius 1 is 1.35 bits per heavy atom. The normalized spacial score (nSPS) is 21.8. The summed E-state index contributed by atoms with van der Waals surface area (Å²) >= 11 is 0. The third-order valence-electron chi connectivity index (χ3n) is 4.10. The number of guanidine groups is 1. The lowest BCUT2D eigenvalue weighted by molar-refractivity contribution is 0.203. The smallest absolute Gasteiger partial charge is 0.191 e. The minimum absolute atomic E-state index is 0. The number of aliphatic imine (C=N–C) groups is 1. The topological polar surface area (TPSA) is 48.9 Å². The zero-order valence-corrected chi connectivity index (χ0v) is 16.6. The van der Waals surface area contributed by atoms with Crippen LogP contribution >= 0.6 is 24.0 Å². The van der Waals surface area contributed by atoms with E-state index in [4.69, 9.17) is 4.74 Å². The molecule has 0 spiro atoms. The summed E-state index contributed by atoms with van der Waals surface area (Å²) in [5, 5.41) is 6.78. The van der Waals surface area contributed by atoms with Gasteiger partial charge in [0.1, 0.15) is 0 Å². The van der Waals surface area contributed by atoms with Crippen LogP contribution in [0.15, 0.2) is 35.3 Å². The molecule has 2 unspecified atom stereocenters. The van der Waals surface area contributed by atoms with Crippen LogP contribution in [0.5, 0.6) is 0 Å². The molecule has 1 aromatic rings. The van der Waals surface area contributed by atoms with Crippen LogP contribution in [0.3, 0.4) is 0 Å². The van der Waals surface area contributed by atoms with Crippen molar-refractivity contribution in [1.82, 2.24) is 15.5 Å². The summed E-state index contributed by atoms with van der Waals surface area (Å²) in [6.07, 6.45) is 1.14. The van der Waals surface area contributed by atoms with E-state index in [1.807, 2.05) is 7.05 Å². The van der Waals surface area contributed by atoms with E-state index in [0.29, 0.717) is 18.7 Å². The fraction of sp³-hybridized carbons (Fsp3) is 0.588. The molecule has 5 nitrogen and oxygen atoms in total. The number of likely N-dealkylation sites (tertiary alicyclic amines) is 1. The number of benzene rings is 1. The second-order valence-electron chi connectivity index (χ2n) is 5.83. The van der Waals surface area contributed by atoms with Gasteiger partial charge < -0.3 is 15.4 Å². The van der Waals surface area contributed by atoms with Crippen molar-refractivity contribution in [3.05, 3.63) is 35.9 Å². The zero-order chi connectivity index (χ0) is 15.8. The highest BCUT2D eigenvalue weighted by atomic mass is 127. The number of hydrogen-bond donors (Lipinski definition) is 2. The van der Waals surface area contributed by atoms with Crippen LogP contribution in [0.1, 0.15) is 18.9 Å². The molecule has 2 N–H and O–H groups in total. The molecule has 1 fully saturated rings. The standard InChI is InChI=1S/C17H28N4O.HI/c1-14-11-16(20-17(18-2)19-9-10-22-3)13-21(14)12-15-7-5-4-6-8-15;/h4-8,14,16H,9-13H2,1-3H3,(H2,18,19,20);1H. The summed E-state index contributed by atoms with van der Waals surface area (Å²) < 4.78 is 5.05. The molecule has 0 aromatic heterocycles. The van der Waals surface area contributed by atoms with Crippen molar-refractivity contribution in [3.63, 3.8) is 0 Å². The van der Waals surface area contributed by atoms with Gasteiger partial charge in [-0.1, -0.05) is 30.3 Å². The Bertz CT molecular complexity index is 469. The highest BCUT2D eigenvalue weighted by Crippen LogP contribution is 2.20. The first-order valence-electron chi connectivity index (χ1n) is 7.97. The Morgan fingerprint density at radius 2 is 2.09 bits per heavy atom. The number of rotatable bonds is 6. The van der Waals surface area contributed by atoms with Gasteiger partial charge in [-0.05, 0) is 18.9 Å². The fourth-order valence-corrected chi connectivity index (χ4v) is 2.90. The highest BCUT2D eigenvalue weighted by molar-refractivity contribution is 14.0. The molecule has 23 heavy (non-hydrogen) atoms. The van der Waals surface area contributed by atoms with Gasteiger partial charge in [-0.15, -0.1) is 24.0 Å².